The van der Waals surface area contributed by atoms with Crippen LogP contribution in [-0.4, -0.2) is 41.3 Å². The van der Waals surface area contributed by atoms with E-state index >= 15 is 0 Å². The molecule has 1 aromatic carbocycles. The first-order valence-corrected chi connectivity index (χ1v) is 10.1. The third-order valence-corrected chi connectivity index (χ3v) is 5.41. The number of pyridine rings is 1. The van der Waals surface area contributed by atoms with Crippen LogP contribution in [-0.2, 0) is 4.79 Å². The lowest BCUT2D eigenvalue weighted by molar-refractivity contribution is -0.120. The van der Waals surface area contributed by atoms with E-state index in [1.54, 1.807) is 19.5 Å². The van der Waals surface area contributed by atoms with Crippen molar-refractivity contribution in [3.63, 3.8) is 0 Å². The highest BCUT2D eigenvalue weighted by Crippen LogP contribution is 2.28. The second kappa shape index (κ2) is 8.90. The van der Waals surface area contributed by atoms with Crippen LogP contribution in [0, 0.1) is 12.8 Å². The zero-order valence-corrected chi connectivity index (χ0v) is 17.2. The van der Waals surface area contributed by atoms with Gasteiger partial charge < -0.3 is 15.0 Å². The molecular weight excluding hydrogens is 378 g/mol. The molecule has 30 heavy (non-hydrogen) atoms. The van der Waals surface area contributed by atoms with Crippen molar-refractivity contribution in [2.75, 3.05) is 30.4 Å². The molecular formula is C23H25N5O2. The number of nitrogens with one attached hydrogen (secondary N) is 1. The standard InChI is InChI=1S/C23H25N5O2/c1-16-5-7-21(30-2)20(14-16)25-23(29)17-9-12-28(13-10-17)22-8-6-19(26-27-22)18-4-3-11-24-15-18/h3-8,11,14-15,17H,9-10,12-13H2,1-2H3,(H,25,29). The smallest absolute Gasteiger partial charge is 0.227 e. The molecule has 7 heteroatoms. The summed E-state index contributed by atoms with van der Waals surface area (Å²) in [5.41, 5.74) is 3.54. The zero-order chi connectivity index (χ0) is 20.9. The second-order valence-electron chi connectivity index (χ2n) is 7.47. The van der Waals surface area contributed by atoms with E-state index in [9.17, 15) is 4.79 Å². The number of anilines is 2. The number of carbonyl (C=O) groups is 1. The van der Waals surface area contributed by atoms with Crippen molar-refractivity contribution < 1.29 is 9.53 Å². The Balaban J connectivity index is 1.36. The molecule has 0 bridgehead atoms. The molecule has 4 rings (SSSR count). The Morgan fingerprint density at radius 3 is 2.63 bits per heavy atom. The van der Waals surface area contributed by atoms with Crippen molar-refractivity contribution in [1.82, 2.24) is 15.2 Å². The Morgan fingerprint density at radius 1 is 1.13 bits per heavy atom. The van der Waals surface area contributed by atoms with Crippen LogP contribution in [0.1, 0.15) is 18.4 Å². The van der Waals surface area contributed by atoms with Crippen molar-refractivity contribution in [1.29, 1.82) is 0 Å². The second-order valence-corrected chi connectivity index (χ2v) is 7.47. The van der Waals surface area contributed by atoms with Crippen LogP contribution >= 0.6 is 0 Å². The van der Waals surface area contributed by atoms with Gasteiger partial charge in [0.1, 0.15) is 5.75 Å². The fraction of sp³-hybridized carbons (Fsp3) is 0.304. The first-order chi connectivity index (χ1) is 14.6. The lowest BCUT2D eigenvalue weighted by Gasteiger charge is -2.32. The summed E-state index contributed by atoms with van der Waals surface area (Å²) < 4.78 is 5.36. The minimum absolute atomic E-state index is 0.0332. The molecule has 3 aromatic rings. The van der Waals surface area contributed by atoms with Gasteiger partial charge in [0.15, 0.2) is 5.82 Å². The van der Waals surface area contributed by atoms with Crippen LogP contribution in [0.3, 0.4) is 0 Å². The predicted octanol–water partition coefficient (Wildman–Crippen LogP) is 3.71. The number of hydrogen-bond acceptors (Lipinski definition) is 6. The number of ether oxygens (including phenoxy) is 1. The highest BCUT2D eigenvalue weighted by atomic mass is 16.5. The summed E-state index contributed by atoms with van der Waals surface area (Å²) >= 11 is 0. The maximum Gasteiger partial charge on any atom is 0.227 e. The van der Waals surface area contributed by atoms with E-state index in [0.29, 0.717) is 5.75 Å². The van der Waals surface area contributed by atoms with E-state index in [4.69, 9.17) is 4.74 Å². The van der Waals surface area contributed by atoms with Crippen LogP contribution in [0.2, 0.25) is 0 Å². The molecule has 0 radical (unpaired) electrons. The Hall–Kier alpha value is -3.48. The number of hydrogen-bond donors (Lipinski definition) is 1. The third kappa shape index (κ3) is 4.40. The number of carbonyl (C=O) groups excluding carboxylic acids is 1. The molecule has 1 N–H and O–H groups in total. The SMILES string of the molecule is COc1ccc(C)cc1NC(=O)C1CCN(c2ccc(-c3cccnc3)nn2)CC1. The lowest BCUT2D eigenvalue weighted by Crippen LogP contribution is -2.38. The Kier molecular flexibility index (Phi) is 5.88. The fourth-order valence-corrected chi connectivity index (χ4v) is 3.69. The average Bonchev–Trinajstić information content (AvgIpc) is 2.80. The van der Waals surface area contributed by atoms with Gasteiger partial charge in [0.05, 0.1) is 18.5 Å². The number of piperidine rings is 1. The lowest BCUT2D eigenvalue weighted by atomic mass is 9.95. The molecule has 0 atom stereocenters. The van der Waals surface area contributed by atoms with Crippen LogP contribution in [0.5, 0.6) is 5.75 Å². The van der Waals surface area contributed by atoms with Gasteiger partial charge in [-0.3, -0.25) is 9.78 Å². The molecule has 0 aliphatic carbocycles. The molecule has 1 fully saturated rings. The van der Waals surface area contributed by atoms with Crippen LogP contribution in [0.4, 0.5) is 11.5 Å². The van der Waals surface area contributed by atoms with Crippen LogP contribution in [0.25, 0.3) is 11.3 Å². The van der Waals surface area contributed by atoms with Gasteiger partial charge in [-0.2, -0.15) is 0 Å². The van der Waals surface area contributed by atoms with Gasteiger partial charge >= 0.3 is 0 Å². The molecule has 1 aliphatic rings. The Labute approximate surface area is 176 Å². The fourth-order valence-electron chi connectivity index (χ4n) is 3.69. The molecule has 2 aromatic heterocycles. The summed E-state index contributed by atoms with van der Waals surface area (Å²) in [7, 11) is 1.61. The molecule has 1 amide bonds. The van der Waals surface area contributed by atoms with Crippen LogP contribution in [0.15, 0.2) is 54.9 Å². The maximum atomic E-state index is 12.8. The normalized spacial score (nSPS) is 14.4. The Bertz CT molecular complexity index is 1000. The number of benzene rings is 1. The number of aryl methyl sites for hydroxylation is 1. The summed E-state index contributed by atoms with van der Waals surface area (Å²) in [6.07, 6.45) is 5.05. The first-order valence-electron chi connectivity index (χ1n) is 10.1. The quantitative estimate of drug-likeness (QED) is 0.700. The van der Waals surface area contributed by atoms with Gasteiger partial charge in [-0.25, -0.2) is 0 Å². The number of rotatable bonds is 5. The van der Waals surface area contributed by atoms with E-state index in [1.165, 1.54) is 0 Å². The number of methoxy groups -OCH3 is 1. The minimum atomic E-state index is -0.0332. The molecule has 3 heterocycles. The Morgan fingerprint density at radius 2 is 1.97 bits per heavy atom. The number of nitrogens with zero attached hydrogens (tertiary/aromatic N) is 4. The summed E-state index contributed by atoms with van der Waals surface area (Å²) in [5, 5.41) is 11.8. The van der Waals surface area contributed by atoms with Crippen molar-refractivity contribution in [3.05, 3.63) is 60.4 Å². The predicted molar refractivity (Wildman–Crippen MR) is 117 cm³/mol. The first kappa shape index (κ1) is 19.8. The van der Waals surface area contributed by atoms with Crippen LogP contribution < -0.4 is 15.0 Å². The van der Waals surface area contributed by atoms with Gasteiger partial charge in [0.2, 0.25) is 5.91 Å². The van der Waals surface area contributed by atoms with E-state index in [2.05, 4.69) is 25.4 Å². The number of amides is 1. The van der Waals surface area contributed by atoms with Crippen molar-refractivity contribution in [2.45, 2.75) is 19.8 Å². The molecule has 1 aliphatic heterocycles. The largest absolute Gasteiger partial charge is 0.495 e. The van der Waals surface area contributed by atoms with E-state index < -0.39 is 0 Å². The summed E-state index contributed by atoms with van der Waals surface area (Å²) in [6.45, 7) is 3.53. The third-order valence-electron chi connectivity index (χ3n) is 5.41. The topological polar surface area (TPSA) is 80.2 Å². The van der Waals surface area contributed by atoms with Gasteiger partial charge in [-0.05, 0) is 61.7 Å². The molecule has 0 saturated carbocycles. The molecule has 1 saturated heterocycles. The molecule has 0 unspecified atom stereocenters. The maximum absolute atomic E-state index is 12.8. The van der Waals surface area contributed by atoms with Gasteiger partial charge in [-0.15, -0.1) is 10.2 Å². The van der Waals surface area contributed by atoms with Gasteiger partial charge in [-0.1, -0.05) is 6.07 Å². The monoisotopic (exact) mass is 403 g/mol. The van der Waals surface area contributed by atoms with E-state index in [1.807, 2.05) is 49.4 Å². The summed E-state index contributed by atoms with van der Waals surface area (Å²) in [4.78, 5) is 19.1. The van der Waals surface area contributed by atoms with E-state index in [0.717, 1.165) is 54.3 Å². The van der Waals surface area contributed by atoms with Gasteiger partial charge in [0.25, 0.3) is 0 Å². The average molecular weight is 403 g/mol. The van der Waals surface area contributed by atoms with E-state index in [-0.39, 0.29) is 11.8 Å². The summed E-state index contributed by atoms with van der Waals surface area (Å²) in [6, 6.07) is 13.6. The highest BCUT2D eigenvalue weighted by molar-refractivity contribution is 5.94. The van der Waals surface area contributed by atoms with Crippen molar-refractivity contribution >= 4 is 17.4 Å². The van der Waals surface area contributed by atoms with Crippen molar-refractivity contribution in [3.8, 4) is 17.0 Å². The molecule has 154 valence electrons. The van der Waals surface area contributed by atoms with Gasteiger partial charge in [0, 0.05) is 37.0 Å². The minimum Gasteiger partial charge on any atom is -0.495 e. The summed E-state index contributed by atoms with van der Waals surface area (Å²) in [5.74, 6) is 1.52. The zero-order valence-electron chi connectivity index (χ0n) is 17.2. The number of aromatic nitrogens is 3. The highest BCUT2D eigenvalue weighted by Gasteiger charge is 2.26. The molecule has 0 spiro atoms. The molecule has 7 nitrogen and oxygen atoms in total. The van der Waals surface area contributed by atoms with Crippen molar-refractivity contribution in [2.24, 2.45) is 5.92 Å².